The summed E-state index contributed by atoms with van der Waals surface area (Å²) in [5.41, 5.74) is 6.71. The summed E-state index contributed by atoms with van der Waals surface area (Å²) in [7, 11) is 0. The third kappa shape index (κ3) is 4.87. The Kier molecular flexibility index (Phi) is 7.10. The predicted molar refractivity (Wildman–Crippen MR) is 71.7 cm³/mol. The van der Waals surface area contributed by atoms with Gasteiger partial charge in [-0.1, -0.05) is 26.7 Å². The van der Waals surface area contributed by atoms with Crippen molar-refractivity contribution in [3.8, 4) is 5.88 Å². The average Bonchev–Trinajstić information content (AvgIpc) is 2.37. The van der Waals surface area contributed by atoms with Crippen LogP contribution in [0, 0.1) is 0 Å². The molecule has 0 aromatic carbocycles. The van der Waals surface area contributed by atoms with Gasteiger partial charge in [-0.05, 0) is 12.8 Å². The third-order valence-corrected chi connectivity index (χ3v) is 2.55. The van der Waals surface area contributed by atoms with Crippen LogP contribution < -0.4 is 10.5 Å². The molecule has 5 heteroatoms. The minimum absolute atomic E-state index is 0.497. The molecule has 1 aromatic heterocycles. The van der Waals surface area contributed by atoms with Crippen molar-refractivity contribution in [1.29, 1.82) is 0 Å². The van der Waals surface area contributed by atoms with E-state index in [1.165, 1.54) is 6.33 Å². The number of rotatable bonds is 9. The second-order valence-electron chi connectivity index (χ2n) is 4.11. The zero-order valence-corrected chi connectivity index (χ0v) is 11.3. The molecule has 0 atom stereocenters. The smallest absolute Gasteiger partial charge is 0.221 e. The molecule has 0 bridgehead atoms. The van der Waals surface area contributed by atoms with E-state index in [0.717, 1.165) is 37.9 Å². The standard InChI is InChI=1S/C13H23N3O2/c1-3-5-7-17-8-9-18-13-11(6-4-2)12(14)15-10-16-13/h10H,3-9H2,1-2H3,(H2,14,15,16). The summed E-state index contributed by atoms with van der Waals surface area (Å²) >= 11 is 0. The van der Waals surface area contributed by atoms with Crippen LogP contribution in [0.3, 0.4) is 0 Å². The molecule has 0 amide bonds. The van der Waals surface area contributed by atoms with Crippen molar-refractivity contribution >= 4 is 5.82 Å². The molecule has 2 N–H and O–H groups in total. The number of hydrogen-bond acceptors (Lipinski definition) is 5. The fourth-order valence-electron chi connectivity index (χ4n) is 1.56. The van der Waals surface area contributed by atoms with E-state index in [0.29, 0.717) is 24.9 Å². The Morgan fingerprint density at radius 1 is 1.11 bits per heavy atom. The zero-order valence-electron chi connectivity index (χ0n) is 11.3. The van der Waals surface area contributed by atoms with E-state index in [9.17, 15) is 0 Å². The van der Waals surface area contributed by atoms with Gasteiger partial charge in [-0.15, -0.1) is 0 Å². The topological polar surface area (TPSA) is 70.3 Å². The molecule has 0 saturated carbocycles. The minimum Gasteiger partial charge on any atom is -0.475 e. The number of ether oxygens (including phenoxy) is 2. The highest BCUT2D eigenvalue weighted by molar-refractivity contribution is 5.44. The van der Waals surface area contributed by atoms with Gasteiger partial charge in [-0.3, -0.25) is 0 Å². The number of aromatic nitrogens is 2. The molecule has 5 nitrogen and oxygen atoms in total. The average molecular weight is 253 g/mol. The number of unbranched alkanes of at least 4 members (excludes halogenated alkanes) is 1. The van der Waals surface area contributed by atoms with Gasteiger partial charge in [0.25, 0.3) is 0 Å². The van der Waals surface area contributed by atoms with Crippen molar-refractivity contribution in [1.82, 2.24) is 9.97 Å². The van der Waals surface area contributed by atoms with Crippen molar-refractivity contribution < 1.29 is 9.47 Å². The molecule has 102 valence electrons. The summed E-state index contributed by atoms with van der Waals surface area (Å²) in [4.78, 5) is 8.11. The van der Waals surface area contributed by atoms with Crippen molar-refractivity contribution in [3.05, 3.63) is 11.9 Å². The van der Waals surface area contributed by atoms with Crippen LogP contribution in [0.25, 0.3) is 0 Å². The highest BCUT2D eigenvalue weighted by Crippen LogP contribution is 2.20. The van der Waals surface area contributed by atoms with Crippen LogP contribution in [-0.2, 0) is 11.2 Å². The minimum atomic E-state index is 0.497. The van der Waals surface area contributed by atoms with E-state index in [1.807, 2.05) is 0 Å². The number of nitrogen functional groups attached to an aromatic ring is 1. The molecule has 0 aliphatic carbocycles. The molecule has 1 aromatic rings. The Balaban J connectivity index is 2.39. The van der Waals surface area contributed by atoms with Gasteiger partial charge in [0.1, 0.15) is 18.8 Å². The summed E-state index contributed by atoms with van der Waals surface area (Å²) < 4.78 is 11.0. The van der Waals surface area contributed by atoms with Crippen LogP contribution in [0.4, 0.5) is 5.82 Å². The van der Waals surface area contributed by atoms with E-state index in [-0.39, 0.29) is 0 Å². The maximum atomic E-state index is 5.82. The van der Waals surface area contributed by atoms with Gasteiger partial charge < -0.3 is 15.2 Å². The Morgan fingerprint density at radius 3 is 2.67 bits per heavy atom. The van der Waals surface area contributed by atoms with Crippen LogP contribution in [0.2, 0.25) is 0 Å². The lowest BCUT2D eigenvalue weighted by atomic mass is 10.2. The number of nitrogens with two attached hydrogens (primary N) is 1. The Bertz CT molecular complexity index is 345. The van der Waals surface area contributed by atoms with Gasteiger partial charge >= 0.3 is 0 Å². The van der Waals surface area contributed by atoms with Crippen LogP contribution in [0.1, 0.15) is 38.7 Å². The molecule has 0 spiro atoms. The van der Waals surface area contributed by atoms with E-state index < -0.39 is 0 Å². The van der Waals surface area contributed by atoms with Gasteiger partial charge in [-0.2, -0.15) is 0 Å². The van der Waals surface area contributed by atoms with Crippen molar-refractivity contribution in [3.63, 3.8) is 0 Å². The summed E-state index contributed by atoms with van der Waals surface area (Å²) in [6.07, 6.45) is 5.48. The quantitative estimate of drug-likeness (QED) is 0.683. The van der Waals surface area contributed by atoms with Crippen LogP contribution in [-0.4, -0.2) is 29.8 Å². The van der Waals surface area contributed by atoms with Crippen LogP contribution >= 0.6 is 0 Å². The SMILES string of the molecule is CCCCOCCOc1ncnc(N)c1CCC. The predicted octanol–water partition coefficient (Wildman–Crippen LogP) is 2.21. The summed E-state index contributed by atoms with van der Waals surface area (Å²) in [6.45, 7) is 6.09. The van der Waals surface area contributed by atoms with Crippen molar-refractivity contribution in [2.75, 3.05) is 25.6 Å². The van der Waals surface area contributed by atoms with Gasteiger partial charge in [0.15, 0.2) is 0 Å². The first-order valence-electron chi connectivity index (χ1n) is 6.59. The van der Waals surface area contributed by atoms with Crippen LogP contribution in [0.15, 0.2) is 6.33 Å². The monoisotopic (exact) mass is 253 g/mol. The normalized spacial score (nSPS) is 10.6. The fraction of sp³-hybridized carbons (Fsp3) is 0.692. The second kappa shape index (κ2) is 8.69. The highest BCUT2D eigenvalue weighted by atomic mass is 16.5. The molecular weight excluding hydrogens is 230 g/mol. The Hall–Kier alpha value is -1.36. The molecule has 1 rings (SSSR count). The second-order valence-corrected chi connectivity index (χ2v) is 4.11. The molecular formula is C13H23N3O2. The number of nitrogens with zero attached hydrogens (tertiary/aromatic N) is 2. The van der Waals surface area contributed by atoms with Gasteiger partial charge in [0.2, 0.25) is 5.88 Å². The molecule has 0 unspecified atom stereocenters. The Morgan fingerprint density at radius 2 is 1.94 bits per heavy atom. The van der Waals surface area contributed by atoms with Crippen molar-refractivity contribution in [2.24, 2.45) is 0 Å². The molecule has 0 fully saturated rings. The largest absolute Gasteiger partial charge is 0.475 e. The zero-order chi connectivity index (χ0) is 13.2. The summed E-state index contributed by atoms with van der Waals surface area (Å²) in [6, 6.07) is 0. The lowest BCUT2D eigenvalue weighted by molar-refractivity contribution is 0.0961. The lowest BCUT2D eigenvalue weighted by Crippen LogP contribution is -2.11. The summed E-state index contributed by atoms with van der Waals surface area (Å²) in [5, 5.41) is 0. The maximum Gasteiger partial charge on any atom is 0.221 e. The molecule has 0 saturated heterocycles. The first kappa shape index (κ1) is 14.7. The third-order valence-electron chi connectivity index (χ3n) is 2.55. The van der Waals surface area contributed by atoms with E-state index in [4.69, 9.17) is 15.2 Å². The van der Waals surface area contributed by atoms with E-state index in [2.05, 4.69) is 23.8 Å². The molecule has 0 radical (unpaired) electrons. The fourth-order valence-corrected chi connectivity index (χ4v) is 1.56. The Labute approximate surface area is 109 Å². The van der Waals surface area contributed by atoms with Crippen LogP contribution in [0.5, 0.6) is 5.88 Å². The first-order chi connectivity index (χ1) is 8.79. The van der Waals surface area contributed by atoms with E-state index >= 15 is 0 Å². The molecule has 0 aliphatic heterocycles. The molecule has 0 aliphatic rings. The maximum absolute atomic E-state index is 5.82. The van der Waals surface area contributed by atoms with Gasteiger partial charge in [-0.25, -0.2) is 9.97 Å². The molecule has 1 heterocycles. The summed E-state index contributed by atoms with van der Waals surface area (Å²) in [5.74, 6) is 1.09. The number of hydrogen-bond donors (Lipinski definition) is 1. The van der Waals surface area contributed by atoms with Gasteiger partial charge in [0.05, 0.1) is 12.2 Å². The lowest BCUT2D eigenvalue weighted by Gasteiger charge is -2.11. The van der Waals surface area contributed by atoms with E-state index in [1.54, 1.807) is 0 Å². The number of anilines is 1. The van der Waals surface area contributed by atoms with Crippen molar-refractivity contribution in [2.45, 2.75) is 39.5 Å². The highest BCUT2D eigenvalue weighted by Gasteiger charge is 2.09. The first-order valence-corrected chi connectivity index (χ1v) is 6.59. The van der Waals surface area contributed by atoms with Gasteiger partial charge in [0, 0.05) is 6.61 Å². The molecule has 18 heavy (non-hydrogen) atoms.